The Labute approximate surface area is 159 Å². The molecule has 3 aromatic carbocycles. The number of anilines is 1. The van der Waals surface area contributed by atoms with Crippen LogP contribution in [0.25, 0.3) is 0 Å². The Hall–Kier alpha value is -2.30. The van der Waals surface area contributed by atoms with Gasteiger partial charge in [0.15, 0.2) is 0 Å². The summed E-state index contributed by atoms with van der Waals surface area (Å²) in [6.45, 7) is 2.07. The zero-order valence-corrected chi connectivity index (χ0v) is 16.0. The Kier molecular flexibility index (Phi) is 5.64. The molecule has 0 amide bonds. The van der Waals surface area contributed by atoms with Crippen molar-refractivity contribution in [3.63, 3.8) is 0 Å². The zero-order chi connectivity index (χ0) is 18.6. The van der Waals surface area contributed by atoms with Crippen LogP contribution in [0.4, 0.5) is 5.69 Å². The molecule has 0 radical (unpaired) electrons. The maximum absolute atomic E-state index is 13.3. The van der Waals surface area contributed by atoms with Crippen molar-refractivity contribution in [2.24, 2.45) is 0 Å². The van der Waals surface area contributed by atoms with E-state index in [-0.39, 0.29) is 11.4 Å². The van der Waals surface area contributed by atoms with E-state index in [2.05, 4.69) is 0 Å². The van der Waals surface area contributed by atoms with Gasteiger partial charge in [-0.25, -0.2) is 8.42 Å². The lowest BCUT2D eigenvalue weighted by Gasteiger charge is -2.27. The monoisotopic (exact) mass is 385 g/mol. The van der Waals surface area contributed by atoms with Crippen molar-refractivity contribution < 1.29 is 8.42 Å². The molecule has 0 aromatic heterocycles. The molecule has 0 aliphatic rings. The van der Waals surface area contributed by atoms with Crippen LogP contribution in [0.3, 0.4) is 0 Å². The summed E-state index contributed by atoms with van der Waals surface area (Å²) >= 11 is 6.56. The molecular formula is C21H20ClNO2S. The van der Waals surface area contributed by atoms with Crippen LogP contribution < -0.4 is 4.31 Å². The highest BCUT2D eigenvalue weighted by molar-refractivity contribution is 7.92. The quantitative estimate of drug-likeness (QED) is 0.549. The third kappa shape index (κ3) is 4.09. The fourth-order valence-corrected chi connectivity index (χ4v) is 4.53. The minimum atomic E-state index is -3.73. The van der Waals surface area contributed by atoms with E-state index in [0.717, 1.165) is 11.1 Å². The number of nitrogens with zero attached hydrogens (tertiary/aromatic N) is 1. The highest BCUT2D eigenvalue weighted by atomic mass is 35.5. The lowest BCUT2D eigenvalue weighted by molar-refractivity contribution is 0.590. The summed E-state index contributed by atoms with van der Waals surface area (Å²) < 4.78 is 27.9. The zero-order valence-electron chi connectivity index (χ0n) is 14.4. The number of para-hydroxylation sites is 1. The van der Waals surface area contributed by atoms with Crippen molar-refractivity contribution in [2.45, 2.75) is 17.2 Å². The number of rotatable bonds is 6. The standard InChI is InChI=1S/C21H20ClNO2S/c1-17-12-14-20(15-13-17)26(24,25)23(19-10-6-3-7-11-19)16-21(22)18-8-4-2-5-9-18/h2-15,21H,16H2,1H3. The first-order valence-electron chi connectivity index (χ1n) is 8.32. The second kappa shape index (κ2) is 7.94. The van der Waals surface area contributed by atoms with E-state index in [1.807, 2.05) is 55.5 Å². The minimum Gasteiger partial charge on any atom is -0.265 e. The fourth-order valence-electron chi connectivity index (χ4n) is 2.69. The lowest BCUT2D eigenvalue weighted by atomic mass is 10.1. The van der Waals surface area contributed by atoms with Gasteiger partial charge in [0.2, 0.25) is 0 Å². The Bertz CT molecular complexity index is 942. The SMILES string of the molecule is Cc1ccc(S(=O)(=O)N(CC(Cl)c2ccccc2)c2ccccc2)cc1. The predicted octanol–water partition coefficient (Wildman–Crippen LogP) is 5.17. The van der Waals surface area contributed by atoms with Crippen LogP contribution >= 0.6 is 11.6 Å². The van der Waals surface area contributed by atoms with Gasteiger partial charge in [0, 0.05) is 0 Å². The Morgan fingerprint density at radius 1 is 0.846 bits per heavy atom. The topological polar surface area (TPSA) is 37.4 Å². The fraction of sp³-hybridized carbons (Fsp3) is 0.143. The van der Waals surface area contributed by atoms with Gasteiger partial charge >= 0.3 is 0 Å². The molecule has 0 N–H and O–H groups in total. The maximum atomic E-state index is 13.3. The van der Waals surface area contributed by atoms with Crippen LogP contribution in [-0.4, -0.2) is 15.0 Å². The summed E-state index contributed by atoms with van der Waals surface area (Å²) in [5.41, 5.74) is 2.48. The van der Waals surface area contributed by atoms with Gasteiger partial charge in [0.25, 0.3) is 10.0 Å². The van der Waals surface area contributed by atoms with Gasteiger partial charge in [-0.2, -0.15) is 0 Å². The number of halogens is 1. The van der Waals surface area contributed by atoms with E-state index in [0.29, 0.717) is 5.69 Å². The molecule has 0 fully saturated rings. The van der Waals surface area contributed by atoms with E-state index in [9.17, 15) is 8.42 Å². The first-order valence-corrected chi connectivity index (χ1v) is 10.2. The molecular weight excluding hydrogens is 366 g/mol. The molecule has 0 saturated heterocycles. The summed E-state index contributed by atoms with van der Waals surface area (Å²) in [6.07, 6.45) is 0. The highest BCUT2D eigenvalue weighted by Gasteiger charge is 2.27. The summed E-state index contributed by atoms with van der Waals surface area (Å²) in [6, 6.07) is 25.4. The average molecular weight is 386 g/mol. The van der Waals surface area contributed by atoms with E-state index < -0.39 is 15.4 Å². The second-order valence-corrected chi connectivity index (χ2v) is 8.45. The molecule has 0 spiro atoms. The molecule has 0 aliphatic carbocycles. The highest BCUT2D eigenvalue weighted by Crippen LogP contribution is 2.29. The molecule has 3 aromatic rings. The number of benzene rings is 3. The molecule has 0 saturated carbocycles. The van der Waals surface area contributed by atoms with Crippen LogP contribution in [0.1, 0.15) is 16.5 Å². The third-order valence-corrected chi connectivity index (χ3v) is 6.34. The molecule has 3 rings (SSSR count). The number of hydrogen-bond donors (Lipinski definition) is 0. The molecule has 0 heterocycles. The summed E-state index contributed by atoms with van der Waals surface area (Å²) in [5.74, 6) is 0. The Morgan fingerprint density at radius 3 is 1.96 bits per heavy atom. The smallest absolute Gasteiger partial charge is 0.264 e. The van der Waals surface area contributed by atoms with E-state index in [4.69, 9.17) is 11.6 Å². The van der Waals surface area contributed by atoms with Gasteiger partial charge in [-0.15, -0.1) is 11.6 Å². The van der Waals surface area contributed by atoms with Gasteiger partial charge in [0.05, 0.1) is 22.5 Å². The Morgan fingerprint density at radius 2 is 1.38 bits per heavy atom. The number of hydrogen-bond acceptors (Lipinski definition) is 2. The summed E-state index contributed by atoms with van der Waals surface area (Å²) in [5, 5.41) is -0.461. The molecule has 0 aliphatic heterocycles. The van der Waals surface area contributed by atoms with Gasteiger partial charge < -0.3 is 0 Å². The molecule has 5 heteroatoms. The lowest BCUT2D eigenvalue weighted by Crippen LogP contribution is -2.33. The van der Waals surface area contributed by atoms with Crippen molar-refractivity contribution >= 4 is 27.3 Å². The normalized spacial score (nSPS) is 12.5. The molecule has 1 atom stereocenters. The van der Waals surface area contributed by atoms with E-state index in [1.54, 1.807) is 36.4 Å². The number of sulfonamides is 1. The third-order valence-electron chi connectivity index (χ3n) is 4.14. The van der Waals surface area contributed by atoms with Crippen molar-refractivity contribution in [2.75, 3.05) is 10.8 Å². The van der Waals surface area contributed by atoms with Crippen LogP contribution in [0.5, 0.6) is 0 Å². The maximum Gasteiger partial charge on any atom is 0.264 e. The predicted molar refractivity (Wildman–Crippen MR) is 107 cm³/mol. The first-order chi connectivity index (χ1) is 12.5. The van der Waals surface area contributed by atoms with Gasteiger partial charge in [-0.05, 0) is 36.8 Å². The van der Waals surface area contributed by atoms with Gasteiger partial charge in [0.1, 0.15) is 0 Å². The second-order valence-electron chi connectivity index (χ2n) is 6.06. The van der Waals surface area contributed by atoms with Gasteiger partial charge in [-0.3, -0.25) is 4.31 Å². The molecule has 3 nitrogen and oxygen atoms in total. The van der Waals surface area contributed by atoms with Crippen LogP contribution in [0.2, 0.25) is 0 Å². The number of aryl methyl sites for hydroxylation is 1. The molecule has 0 bridgehead atoms. The summed E-state index contributed by atoms with van der Waals surface area (Å²) in [4.78, 5) is 0.254. The molecule has 26 heavy (non-hydrogen) atoms. The van der Waals surface area contributed by atoms with Crippen molar-refractivity contribution in [3.05, 3.63) is 96.1 Å². The van der Waals surface area contributed by atoms with E-state index >= 15 is 0 Å². The van der Waals surface area contributed by atoms with Crippen molar-refractivity contribution in [1.29, 1.82) is 0 Å². The van der Waals surface area contributed by atoms with E-state index in [1.165, 1.54) is 4.31 Å². The minimum absolute atomic E-state index is 0.145. The first kappa shape index (κ1) is 18.5. The molecule has 134 valence electrons. The van der Waals surface area contributed by atoms with Crippen LogP contribution in [-0.2, 0) is 10.0 Å². The average Bonchev–Trinajstić information content (AvgIpc) is 2.67. The Balaban J connectivity index is 2.00. The number of alkyl halides is 1. The van der Waals surface area contributed by atoms with Crippen molar-refractivity contribution in [3.8, 4) is 0 Å². The van der Waals surface area contributed by atoms with Crippen LogP contribution in [0.15, 0.2) is 89.8 Å². The van der Waals surface area contributed by atoms with Crippen molar-refractivity contribution in [1.82, 2.24) is 0 Å². The van der Waals surface area contributed by atoms with Crippen LogP contribution in [0, 0.1) is 6.92 Å². The summed E-state index contributed by atoms with van der Waals surface area (Å²) in [7, 11) is -3.73. The molecule has 1 unspecified atom stereocenters. The van der Waals surface area contributed by atoms with Gasteiger partial charge in [-0.1, -0.05) is 66.2 Å². The largest absolute Gasteiger partial charge is 0.265 e.